The average molecular weight is 314 g/mol. The predicted octanol–water partition coefficient (Wildman–Crippen LogP) is 2.09. The summed E-state index contributed by atoms with van der Waals surface area (Å²) in [6.45, 7) is -0.498. The second kappa shape index (κ2) is 6.66. The van der Waals surface area contributed by atoms with E-state index in [1.165, 1.54) is 0 Å². The van der Waals surface area contributed by atoms with Crippen LogP contribution in [0.2, 0.25) is 0 Å². The van der Waals surface area contributed by atoms with Gasteiger partial charge >= 0.3 is 12.3 Å². The smallest absolute Gasteiger partial charge is 0.469 e. The molecule has 0 aliphatic carbocycles. The number of alkyl halides is 5. The summed E-state index contributed by atoms with van der Waals surface area (Å²) < 4.78 is 70.4. The maximum absolute atomic E-state index is 12.7. The quantitative estimate of drug-likeness (QED) is 0.665. The summed E-state index contributed by atoms with van der Waals surface area (Å²) >= 11 is 0. The lowest BCUT2D eigenvalue weighted by Crippen LogP contribution is -2.22. The fraction of sp³-hybridized carbons (Fsp3) is 0.455. The first-order valence-electron chi connectivity index (χ1n) is 5.51. The number of pyridine rings is 1. The van der Waals surface area contributed by atoms with Crippen LogP contribution in [-0.4, -0.2) is 24.4 Å². The van der Waals surface area contributed by atoms with Gasteiger partial charge in [0.1, 0.15) is 5.69 Å². The van der Waals surface area contributed by atoms with Crippen LogP contribution in [0.5, 0.6) is 5.75 Å². The summed E-state index contributed by atoms with van der Waals surface area (Å²) in [5.41, 5.74) is 3.48. The van der Waals surface area contributed by atoms with Gasteiger partial charge in [-0.1, -0.05) is 0 Å². The number of hydrogen-bond acceptors (Lipinski definition) is 5. The number of aromatic nitrogens is 1. The molecule has 1 aromatic rings. The number of ether oxygens (including phenoxy) is 2. The minimum Gasteiger partial charge on any atom is -0.469 e. The number of halogens is 5. The van der Waals surface area contributed by atoms with Crippen LogP contribution < -0.4 is 10.5 Å². The van der Waals surface area contributed by atoms with Crippen molar-refractivity contribution in [3.8, 4) is 5.75 Å². The second-order valence-electron chi connectivity index (χ2n) is 3.79. The van der Waals surface area contributed by atoms with Crippen molar-refractivity contribution in [2.75, 3.05) is 7.11 Å². The minimum atomic E-state index is -5.08. The topological polar surface area (TPSA) is 74.4 Å². The van der Waals surface area contributed by atoms with Gasteiger partial charge in [0, 0.05) is 12.1 Å². The molecule has 0 aliphatic rings. The first-order chi connectivity index (χ1) is 9.67. The van der Waals surface area contributed by atoms with Crippen molar-refractivity contribution < 1.29 is 36.2 Å². The van der Waals surface area contributed by atoms with E-state index in [1.807, 2.05) is 0 Å². The molecule has 21 heavy (non-hydrogen) atoms. The fourth-order valence-corrected chi connectivity index (χ4v) is 1.50. The molecule has 0 amide bonds. The van der Waals surface area contributed by atoms with E-state index in [-0.39, 0.29) is 5.56 Å². The summed E-state index contributed by atoms with van der Waals surface area (Å²) in [7, 11) is 0.993. The Morgan fingerprint density at radius 2 is 2.05 bits per heavy atom. The van der Waals surface area contributed by atoms with Crippen LogP contribution in [-0.2, 0) is 22.5 Å². The Bertz CT molecular complexity index is 519. The molecule has 0 fully saturated rings. The number of esters is 1. The monoisotopic (exact) mass is 314 g/mol. The van der Waals surface area contributed by atoms with E-state index in [4.69, 9.17) is 5.73 Å². The molecule has 1 aromatic heterocycles. The van der Waals surface area contributed by atoms with Crippen molar-refractivity contribution in [3.63, 3.8) is 0 Å². The Labute approximate surface area is 115 Å². The Morgan fingerprint density at radius 3 is 2.48 bits per heavy atom. The maximum atomic E-state index is 12.7. The second-order valence-corrected chi connectivity index (χ2v) is 3.79. The highest BCUT2D eigenvalue weighted by Crippen LogP contribution is 2.32. The summed E-state index contributed by atoms with van der Waals surface area (Å²) in [6.07, 6.45) is -8.87. The van der Waals surface area contributed by atoms with E-state index in [0.29, 0.717) is 6.07 Å². The number of hydrogen-bond donors (Lipinski definition) is 1. The Hall–Kier alpha value is -1.97. The van der Waals surface area contributed by atoms with E-state index >= 15 is 0 Å². The number of nitrogens with zero attached hydrogens (tertiary/aromatic N) is 1. The normalized spacial score (nSPS) is 11.6. The molecule has 1 rings (SSSR count). The summed E-state index contributed by atoms with van der Waals surface area (Å²) in [6, 6.07) is 0.701. The average Bonchev–Trinajstić information content (AvgIpc) is 2.38. The van der Waals surface area contributed by atoms with E-state index in [0.717, 1.165) is 7.11 Å². The van der Waals surface area contributed by atoms with Crippen LogP contribution in [0.25, 0.3) is 0 Å². The number of carbonyl (C=O) groups is 1. The molecule has 0 saturated heterocycles. The van der Waals surface area contributed by atoms with Crippen molar-refractivity contribution in [3.05, 3.63) is 23.0 Å². The van der Waals surface area contributed by atoms with E-state index < -0.39 is 48.9 Å². The molecule has 0 bridgehead atoms. The van der Waals surface area contributed by atoms with Crippen molar-refractivity contribution in [2.24, 2.45) is 5.73 Å². The first kappa shape index (κ1) is 17.1. The summed E-state index contributed by atoms with van der Waals surface area (Å²) in [5, 5.41) is 0. The third-order valence-electron chi connectivity index (χ3n) is 2.34. The van der Waals surface area contributed by atoms with Gasteiger partial charge in [0.25, 0.3) is 6.43 Å². The van der Waals surface area contributed by atoms with E-state index in [2.05, 4.69) is 14.5 Å². The molecular formula is C11H11F5N2O3. The van der Waals surface area contributed by atoms with Gasteiger partial charge in [-0.2, -0.15) is 0 Å². The van der Waals surface area contributed by atoms with Crippen molar-refractivity contribution in [2.45, 2.75) is 25.8 Å². The largest absolute Gasteiger partial charge is 0.573 e. The van der Waals surface area contributed by atoms with Crippen molar-refractivity contribution in [1.29, 1.82) is 0 Å². The van der Waals surface area contributed by atoms with Crippen LogP contribution >= 0.6 is 0 Å². The highest BCUT2D eigenvalue weighted by Gasteiger charge is 2.34. The first-order valence-corrected chi connectivity index (χ1v) is 5.51. The number of nitrogens with two attached hydrogens (primary N) is 1. The molecule has 0 saturated carbocycles. The van der Waals surface area contributed by atoms with Gasteiger partial charge in [0.05, 0.1) is 19.2 Å². The van der Waals surface area contributed by atoms with Gasteiger partial charge in [-0.15, -0.1) is 13.2 Å². The molecule has 118 valence electrons. The standard InChI is InChI=1S/C11H11F5N2O3/c1-20-8(19)3-6-9(21-11(14,15)16)5(4-17)2-7(18-6)10(12)13/h2,10H,3-4,17H2,1H3. The fourth-order valence-electron chi connectivity index (χ4n) is 1.50. The molecule has 5 nitrogen and oxygen atoms in total. The van der Waals surface area contributed by atoms with Crippen molar-refractivity contribution >= 4 is 5.97 Å². The number of rotatable bonds is 5. The van der Waals surface area contributed by atoms with Gasteiger partial charge in [-0.05, 0) is 6.07 Å². The van der Waals surface area contributed by atoms with Crippen LogP contribution in [0, 0.1) is 0 Å². The van der Waals surface area contributed by atoms with Crippen molar-refractivity contribution in [1.82, 2.24) is 4.98 Å². The van der Waals surface area contributed by atoms with Gasteiger partial charge in [0.2, 0.25) is 0 Å². The van der Waals surface area contributed by atoms with E-state index in [9.17, 15) is 26.7 Å². The molecule has 0 aromatic carbocycles. The van der Waals surface area contributed by atoms with Crippen LogP contribution in [0.1, 0.15) is 23.4 Å². The zero-order valence-electron chi connectivity index (χ0n) is 10.7. The lowest BCUT2D eigenvalue weighted by atomic mass is 10.1. The highest BCUT2D eigenvalue weighted by atomic mass is 19.4. The van der Waals surface area contributed by atoms with Crippen LogP contribution in [0.3, 0.4) is 0 Å². The molecule has 1 heterocycles. The minimum absolute atomic E-state index is 0.337. The molecule has 0 atom stereocenters. The summed E-state index contributed by atoms with van der Waals surface area (Å²) in [4.78, 5) is 14.5. The molecule has 2 N–H and O–H groups in total. The SMILES string of the molecule is COC(=O)Cc1nc(C(F)F)cc(CN)c1OC(F)(F)F. The number of methoxy groups -OCH3 is 1. The Balaban J connectivity index is 3.37. The lowest BCUT2D eigenvalue weighted by molar-refractivity contribution is -0.275. The van der Waals surface area contributed by atoms with Crippen LogP contribution in [0.4, 0.5) is 22.0 Å². The van der Waals surface area contributed by atoms with Gasteiger partial charge in [-0.25, -0.2) is 13.8 Å². The lowest BCUT2D eigenvalue weighted by Gasteiger charge is -2.17. The zero-order chi connectivity index (χ0) is 16.2. The third-order valence-corrected chi connectivity index (χ3v) is 2.34. The number of carbonyl (C=O) groups excluding carboxylic acids is 1. The zero-order valence-corrected chi connectivity index (χ0v) is 10.7. The van der Waals surface area contributed by atoms with E-state index in [1.54, 1.807) is 0 Å². The van der Waals surface area contributed by atoms with Gasteiger partial charge < -0.3 is 15.2 Å². The molecule has 10 heteroatoms. The molecule has 0 spiro atoms. The molecule has 0 radical (unpaired) electrons. The highest BCUT2D eigenvalue weighted by molar-refractivity contribution is 5.73. The Kier molecular flexibility index (Phi) is 5.41. The van der Waals surface area contributed by atoms with Gasteiger partial charge in [-0.3, -0.25) is 4.79 Å². The molecule has 0 unspecified atom stereocenters. The Morgan fingerprint density at radius 1 is 1.43 bits per heavy atom. The van der Waals surface area contributed by atoms with Gasteiger partial charge in [0.15, 0.2) is 5.75 Å². The molecular weight excluding hydrogens is 303 g/mol. The molecule has 0 aliphatic heterocycles. The summed E-state index contributed by atoms with van der Waals surface area (Å²) in [5.74, 6) is -1.82. The maximum Gasteiger partial charge on any atom is 0.573 e. The predicted molar refractivity (Wildman–Crippen MR) is 59.5 cm³/mol. The van der Waals surface area contributed by atoms with Crippen LogP contribution in [0.15, 0.2) is 6.07 Å². The third kappa shape index (κ3) is 4.81.